The highest BCUT2D eigenvalue weighted by molar-refractivity contribution is 5.88. The SMILES string of the molecule is CC(=O)N1CCC(c2ccc(-c3cc4nccnc4c(NC[C@@H]4CN(C(=O)C(F)F)CCO4)n3)cc2)CC1. The van der Waals surface area contributed by atoms with Crippen molar-refractivity contribution in [3.05, 3.63) is 48.3 Å². The predicted molar refractivity (Wildman–Crippen MR) is 138 cm³/mol. The third kappa shape index (κ3) is 5.72. The van der Waals surface area contributed by atoms with E-state index in [-0.39, 0.29) is 32.1 Å². The number of carbonyl (C=O) groups excluding carboxylic acids is 2. The quantitative estimate of drug-likeness (QED) is 0.528. The van der Waals surface area contributed by atoms with E-state index >= 15 is 0 Å². The smallest absolute Gasteiger partial charge is 0.315 e. The Morgan fingerprint density at radius 2 is 1.82 bits per heavy atom. The van der Waals surface area contributed by atoms with Gasteiger partial charge >= 0.3 is 6.43 Å². The van der Waals surface area contributed by atoms with E-state index in [2.05, 4.69) is 27.4 Å². The van der Waals surface area contributed by atoms with Crippen molar-refractivity contribution >= 4 is 28.7 Å². The first-order chi connectivity index (χ1) is 18.4. The maximum atomic E-state index is 12.9. The number of rotatable bonds is 6. The van der Waals surface area contributed by atoms with Gasteiger partial charge in [-0.05, 0) is 30.4 Å². The van der Waals surface area contributed by atoms with Crippen molar-refractivity contribution < 1.29 is 23.1 Å². The molecule has 0 aliphatic carbocycles. The van der Waals surface area contributed by atoms with Gasteiger partial charge in [-0.25, -0.2) is 9.97 Å². The molecule has 0 spiro atoms. The first-order valence-corrected chi connectivity index (χ1v) is 12.8. The maximum Gasteiger partial charge on any atom is 0.315 e. The number of nitrogens with one attached hydrogen (secondary N) is 1. The Morgan fingerprint density at radius 3 is 2.53 bits per heavy atom. The number of nitrogens with zero attached hydrogens (tertiary/aromatic N) is 5. The molecule has 38 heavy (non-hydrogen) atoms. The molecule has 0 unspecified atom stereocenters. The summed E-state index contributed by atoms with van der Waals surface area (Å²) in [6.45, 7) is 3.86. The topological polar surface area (TPSA) is 101 Å². The minimum atomic E-state index is -3.03. The molecule has 0 bridgehead atoms. The van der Waals surface area contributed by atoms with Crippen LogP contribution in [0.4, 0.5) is 14.6 Å². The molecule has 2 fully saturated rings. The van der Waals surface area contributed by atoms with Crippen LogP contribution < -0.4 is 5.32 Å². The molecule has 2 aliphatic rings. The highest BCUT2D eigenvalue weighted by atomic mass is 19.3. The summed E-state index contributed by atoms with van der Waals surface area (Å²) in [6, 6.07) is 10.2. The number of hydrogen-bond donors (Lipinski definition) is 1. The minimum Gasteiger partial charge on any atom is -0.373 e. The number of hydrogen-bond acceptors (Lipinski definition) is 7. The van der Waals surface area contributed by atoms with E-state index in [4.69, 9.17) is 9.72 Å². The van der Waals surface area contributed by atoms with E-state index < -0.39 is 18.4 Å². The summed E-state index contributed by atoms with van der Waals surface area (Å²) in [5.41, 5.74) is 4.14. The second-order valence-electron chi connectivity index (χ2n) is 9.64. The average molecular weight is 525 g/mol. The normalized spacial score (nSPS) is 18.7. The molecule has 0 saturated carbocycles. The second kappa shape index (κ2) is 11.3. The zero-order valence-corrected chi connectivity index (χ0v) is 21.1. The molecule has 200 valence electrons. The molecule has 0 radical (unpaired) electrons. The zero-order valence-electron chi connectivity index (χ0n) is 21.1. The average Bonchev–Trinajstić information content (AvgIpc) is 2.95. The maximum absolute atomic E-state index is 12.9. The third-order valence-electron chi connectivity index (χ3n) is 7.21. The molecular formula is C27H30F2N6O3. The summed E-state index contributed by atoms with van der Waals surface area (Å²) in [5.74, 6) is -0.128. The Morgan fingerprint density at radius 1 is 1.08 bits per heavy atom. The molecule has 2 amide bonds. The largest absolute Gasteiger partial charge is 0.373 e. The predicted octanol–water partition coefficient (Wildman–Crippen LogP) is 3.32. The van der Waals surface area contributed by atoms with Crippen molar-refractivity contribution in [3.8, 4) is 11.3 Å². The molecular weight excluding hydrogens is 494 g/mol. The monoisotopic (exact) mass is 524 g/mol. The van der Waals surface area contributed by atoms with Gasteiger partial charge in [-0.15, -0.1) is 0 Å². The zero-order chi connectivity index (χ0) is 26.6. The summed E-state index contributed by atoms with van der Waals surface area (Å²) in [4.78, 5) is 40.0. The number of alkyl halides is 2. The number of carbonyl (C=O) groups is 2. The van der Waals surface area contributed by atoms with Crippen molar-refractivity contribution in [2.45, 2.75) is 38.2 Å². The van der Waals surface area contributed by atoms with Gasteiger partial charge in [0.15, 0.2) is 5.82 Å². The number of fused-ring (bicyclic) bond motifs is 1. The van der Waals surface area contributed by atoms with Crippen LogP contribution in [0.5, 0.6) is 0 Å². The van der Waals surface area contributed by atoms with Crippen LogP contribution in [0.3, 0.4) is 0 Å². The molecule has 2 aromatic heterocycles. The van der Waals surface area contributed by atoms with Crippen LogP contribution in [0.2, 0.25) is 0 Å². The molecule has 4 heterocycles. The molecule has 5 rings (SSSR count). The fourth-order valence-corrected chi connectivity index (χ4v) is 5.09. The van der Waals surface area contributed by atoms with Crippen LogP contribution in [0.25, 0.3) is 22.3 Å². The molecule has 1 N–H and O–H groups in total. The van der Waals surface area contributed by atoms with Gasteiger partial charge < -0.3 is 19.9 Å². The summed E-state index contributed by atoms with van der Waals surface area (Å²) < 4.78 is 31.4. The van der Waals surface area contributed by atoms with Crippen LogP contribution in [0, 0.1) is 0 Å². The highest BCUT2D eigenvalue weighted by Crippen LogP contribution is 2.31. The number of aromatic nitrogens is 3. The van der Waals surface area contributed by atoms with Crippen LogP contribution in [0.15, 0.2) is 42.7 Å². The lowest BCUT2D eigenvalue weighted by Gasteiger charge is -2.33. The fourth-order valence-electron chi connectivity index (χ4n) is 5.09. The molecule has 2 aliphatic heterocycles. The standard InChI is InChI=1S/C27H30F2N6O3/c1-17(36)34-10-6-19(7-11-34)18-2-4-20(5-3-18)22-14-23-24(31-9-8-30-23)26(33-22)32-15-21-16-35(12-13-38-21)27(37)25(28)29/h2-5,8-9,14,19,21,25H,6-7,10-13,15-16H2,1H3,(H,32,33)/t21-/m1/s1. The van der Waals surface area contributed by atoms with Crippen molar-refractivity contribution in [2.75, 3.05) is 44.6 Å². The Balaban J connectivity index is 1.31. The Labute approximate surface area is 219 Å². The highest BCUT2D eigenvalue weighted by Gasteiger charge is 2.29. The Hall–Kier alpha value is -3.73. The number of benzene rings is 1. The molecule has 11 heteroatoms. The van der Waals surface area contributed by atoms with Crippen molar-refractivity contribution in [3.63, 3.8) is 0 Å². The number of likely N-dealkylation sites (tertiary alicyclic amines) is 1. The van der Waals surface area contributed by atoms with Crippen LogP contribution in [-0.2, 0) is 14.3 Å². The number of halogens is 2. The number of amides is 2. The second-order valence-corrected chi connectivity index (χ2v) is 9.64. The van der Waals surface area contributed by atoms with Gasteiger partial charge in [-0.3, -0.25) is 14.6 Å². The molecule has 2 saturated heterocycles. The number of pyridine rings is 1. The minimum absolute atomic E-state index is 0.0757. The van der Waals surface area contributed by atoms with Crippen LogP contribution in [-0.4, -0.2) is 88.4 Å². The first-order valence-electron chi connectivity index (χ1n) is 12.8. The lowest BCUT2D eigenvalue weighted by Crippen LogP contribution is -2.49. The van der Waals surface area contributed by atoms with E-state index in [1.165, 1.54) is 5.56 Å². The Kier molecular flexibility index (Phi) is 7.73. The van der Waals surface area contributed by atoms with Crippen LogP contribution >= 0.6 is 0 Å². The van der Waals surface area contributed by atoms with Gasteiger partial charge in [0.25, 0.3) is 5.91 Å². The fraction of sp³-hybridized carbons (Fsp3) is 0.444. The molecule has 1 atom stereocenters. The van der Waals surface area contributed by atoms with Gasteiger partial charge in [0.05, 0.1) is 23.9 Å². The van der Waals surface area contributed by atoms with E-state index in [0.717, 1.165) is 42.1 Å². The van der Waals surface area contributed by atoms with Gasteiger partial charge in [0.1, 0.15) is 5.52 Å². The van der Waals surface area contributed by atoms with Crippen molar-refractivity contribution in [1.82, 2.24) is 24.8 Å². The molecule has 1 aromatic carbocycles. The van der Waals surface area contributed by atoms with Crippen molar-refractivity contribution in [1.29, 1.82) is 0 Å². The number of piperidine rings is 1. The summed E-state index contributed by atoms with van der Waals surface area (Å²) in [7, 11) is 0. The lowest BCUT2D eigenvalue weighted by atomic mass is 9.89. The number of morpholine rings is 1. The van der Waals surface area contributed by atoms with E-state index in [1.54, 1.807) is 19.3 Å². The lowest BCUT2D eigenvalue weighted by molar-refractivity contribution is -0.149. The first kappa shape index (κ1) is 25.9. The number of anilines is 1. The van der Waals surface area contributed by atoms with Crippen LogP contribution in [0.1, 0.15) is 31.2 Å². The van der Waals surface area contributed by atoms with E-state index in [1.807, 2.05) is 23.1 Å². The van der Waals surface area contributed by atoms with Gasteiger partial charge in [-0.2, -0.15) is 8.78 Å². The van der Waals surface area contributed by atoms with Crippen molar-refractivity contribution in [2.24, 2.45) is 0 Å². The van der Waals surface area contributed by atoms with Gasteiger partial charge in [0.2, 0.25) is 5.91 Å². The number of ether oxygens (including phenoxy) is 1. The van der Waals surface area contributed by atoms with E-state index in [9.17, 15) is 18.4 Å². The Bertz CT molecular complexity index is 1300. The van der Waals surface area contributed by atoms with Gasteiger partial charge in [0, 0.05) is 57.6 Å². The van der Waals surface area contributed by atoms with E-state index in [0.29, 0.717) is 22.8 Å². The molecule has 9 nitrogen and oxygen atoms in total. The summed E-state index contributed by atoms with van der Waals surface area (Å²) >= 11 is 0. The summed E-state index contributed by atoms with van der Waals surface area (Å²) in [6.07, 6.45) is 1.60. The van der Waals surface area contributed by atoms with Gasteiger partial charge in [-0.1, -0.05) is 24.3 Å². The molecule has 3 aromatic rings. The third-order valence-corrected chi connectivity index (χ3v) is 7.21. The summed E-state index contributed by atoms with van der Waals surface area (Å²) in [5, 5.41) is 3.24.